The maximum Gasteiger partial charge on any atom is 0.213 e. The quantitative estimate of drug-likeness (QED) is 0.0250. The molecule has 712 valence electrons. The monoisotopic (exact) mass is 1850 g/mol. The minimum absolute atomic E-state index is 0.177. The molecule has 0 spiro atoms. The maximum absolute atomic E-state index is 10.7. The molecule has 0 amide bonds. The SMILES string of the molecule is Cc1ccc(OCC(O)CN(Cc2cccnc2)Cc2ccccc2C)nc1.Cc1ccc(OCC(O)CN(Cc2cncnc2)Cc2ccccc2C)cc1.Cc1ccc(OCC(O)CN2Cc3ccccc3-c3ccccc3C2)cc1.Cc1ccc(OCC(O)CN2Cc3ccccc3C2c2ccccc2)cc1.Cc1ccc(OCC(O)CN2Cc3ccccc3CC2c2ccccc2)cc1. The second-order valence-corrected chi connectivity index (χ2v) is 36.3. The van der Waals surface area contributed by atoms with E-state index in [4.69, 9.17) is 23.7 Å². The number of aliphatic hydroxyl groups excluding tert-OH is 5. The van der Waals surface area contributed by atoms with E-state index in [-0.39, 0.29) is 31.9 Å². The largest absolute Gasteiger partial charge is 0.491 e. The molecule has 0 saturated heterocycles. The van der Waals surface area contributed by atoms with E-state index in [1.165, 1.54) is 106 Å². The second kappa shape index (κ2) is 52.2. The Hall–Kier alpha value is -13.4. The number of aryl methyl sites for hydroxylation is 7. The summed E-state index contributed by atoms with van der Waals surface area (Å²) in [6, 6.07) is 112. The molecular weight excluding hydrogens is 1720 g/mol. The van der Waals surface area contributed by atoms with Gasteiger partial charge in [-0.1, -0.05) is 289 Å². The van der Waals surface area contributed by atoms with Crippen molar-refractivity contribution in [1.29, 1.82) is 0 Å². The lowest BCUT2D eigenvalue weighted by Gasteiger charge is -2.38. The summed E-state index contributed by atoms with van der Waals surface area (Å²) in [6.07, 6.45) is 8.66. The molecule has 3 aromatic heterocycles. The van der Waals surface area contributed by atoms with Gasteiger partial charge in [0.15, 0.2) is 0 Å². The third-order valence-electron chi connectivity index (χ3n) is 24.8. The van der Waals surface area contributed by atoms with E-state index in [9.17, 15) is 25.5 Å². The highest BCUT2D eigenvalue weighted by Crippen LogP contribution is 2.40. The molecule has 18 rings (SSSR count). The summed E-state index contributed by atoms with van der Waals surface area (Å²) < 4.78 is 28.7. The van der Waals surface area contributed by atoms with Gasteiger partial charge in [-0.3, -0.25) is 29.5 Å². The smallest absolute Gasteiger partial charge is 0.213 e. The number of pyridine rings is 2. The highest BCUT2D eigenvalue weighted by molar-refractivity contribution is 5.71. The predicted octanol–water partition coefficient (Wildman–Crippen LogP) is 20.4. The van der Waals surface area contributed by atoms with Gasteiger partial charge in [-0.25, -0.2) is 15.0 Å². The maximum atomic E-state index is 10.7. The fourth-order valence-corrected chi connectivity index (χ4v) is 17.5. The van der Waals surface area contributed by atoms with E-state index in [0.29, 0.717) is 64.9 Å². The van der Waals surface area contributed by atoms with Crippen molar-refractivity contribution in [3.63, 3.8) is 0 Å². The molecule has 6 heterocycles. The zero-order valence-electron chi connectivity index (χ0n) is 80.4. The van der Waals surface area contributed by atoms with Gasteiger partial charge >= 0.3 is 0 Å². The van der Waals surface area contributed by atoms with E-state index in [1.54, 1.807) is 12.4 Å². The fourth-order valence-electron chi connectivity index (χ4n) is 17.5. The van der Waals surface area contributed by atoms with Crippen LogP contribution in [0.3, 0.4) is 0 Å². The van der Waals surface area contributed by atoms with Gasteiger partial charge in [0.05, 0.1) is 6.04 Å². The van der Waals surface area contributed by atoms with Crippen LogP contribution in [0.1, 0.15) is 118 Å². The average molecular weight is 1850 g/mol. The van der Waals surface area contributed by atoms with Crippen molar-refractivity contribution in [3.8, 4) is 40.0 Å². The van der Waals surface area contributed by atoms with E-state index >= 15 is 0 Å². The molecule has 7 atom stereocenters. The van der Waals surface area contributed by atoms with E-state index in [2.05, 4.69) is 247 Å². The van der Waals surface area contributed by atoms with Crippen LogP contribution < -0.4 is 23.7 Å². The van der Waals surface area contributed by atoms with Crippen LogP contribution in [0.2, 0.25) is 0 Å². The Bertz CT molecular complexity index is 5920. The Morgan fingerprint density at radius 3 is 1.20 bits per heavy atom. The second-order valence-electron chi connectivity index (χ2n) is 36.3. The summed E-state index contributed by atoms with van der Waals surface area (Å²) in [5.41, 5.74) is 26.1. The van der Waals surface area contributed by atoms with Crippen LogP contribution in [0.5, 0.6) is 28.9 Å². The fraction of sp³-hybridized carbons (Fsp3) is 0.277. The summed E-state index contributed by atoms with van der Waals surface area (Å²) >= 11 is 0. The van der Waals surface area contributed by atoms with Gasteiger partial charge < -0.3 is 49.2 Å². The van der Waals surface area contributed by atoms with Gasteiger partial charge in [0.25, 0.3) is 0 Å². The number of fused-ring (bicyclic) bond motifs is 5. The van der Waals surface area contributed by atoms with Crippen LogP contribution in [-0.4, -0.2) is 166 Å². The minimum atomic E-state index is -0.621. The molecule has 0 radical (unpaired) electrons. The number of hydrogen-bond acceptors (Lipinski definition) is 19. The van der Waals surface area contributed by atoms with Crippen molar-refractivity contribution in [1.82, 2.24) is 44.4 Å². The normalized spacial score (nSPS) is 14.8. The molecule has 5 N–H and O–H groups in total. The predicted molar refractivity (Wildman–Crippen MR) is 549 cm³/mol. The number of rotatable bonds is 35. The molecule has 15 aromatic rings. The van der Waals surface area contributed by atoms with Crippen molar-refractivity contribution in [2.24, 2.45) is 0 Å². The first kappa shape index (κ1) is 101. The zero-order valence-corrected chi connectivity index (χ0v) is 80.4. The number of nitrogens with zero attached hydrogens (tertiary/aromatic N) is 9. The van der Waals surface area contributed by atoms with Crippen LogP contribution in [0.25, 0.3) is 11.1 Å². The summed E-state index contributed by atoms with van der Waals surface area (Å²) in [4.78, 5) is 28.1. The third kappa shape index (κ3) is 31.6. The highest BCUT2D eigenvalue weighted by atomic mass is 16.5. The lowest BCUT2D eigenvalue weighted by molar-refractivity contribution is 0.0439. The van der Waals surface area contributed by atoms with Crippen LogP contribution in [0.15, 0.2) is 365 Å². The average Bonchev–Trinajstić information content (AvgIpc) is 1.64. The molecule has 12 aromatic carbocycles. The molecule has 0 aliphatic carbocycles. The van der Waals surface area contributed by atoms with Crippen molar-refractivity contribution in [2.45, 2.75) is 150 Å². The summed E-state index contributed by atoms with van der Waals surface area (Å²) in [6.45, 7) is 24.6. The summed E-state index contributed by atoms with van der Waals surface area (Å²) in [5.74, 6) is 3.69. The summed E-state index contributed by atoms with van der Waals surface area (Å²) in [7, 11) is 0. The molecule has 19 nitrogen and oxygen atoms in total. The molecular formula is C119H131N9O10. The van der Waals surface area contributed by atoms with E-state index in [1.807, 2.05) is 192 Å². The molecule has 0 saturated carbocycles. The Morgan fingerprint density at radius 2 is 0.717 bits per heavy atom. The molecule has 138 heavy (non-hydrogen) atoms. The van der Waals surface area contributed by atoms with Crippen LogP contribution in [0, 0.1) is 48.5 Å². The number of benzene rings is 12. The Balaban J connectivity index is 0.000000138. The molecule has 3 aliphatic rings. The Kier molecular flexibility index (Phi) is 38.1. The number of β-amino-alcohol motifs (C(OH)–C–C–N with tert-alkyl or cyclic N) is 3. The first-order valence-corrected chi connectivity index (χ1v) is 47.8. The van der Waals surface area contributed by atoms with Crippen molar-refractivity contribution < 1.29 is 49.2 Å². The highest BCUT2D eigenvalue weighted by Gasteiger charge is 2.34. The number of ether oxygens (including phenoxy) is 5. The minimum Gasteiger partial charge on any atom is -0.491 e. The first-order chi connectivity index (χ1) is 67.3. The number of hydrogen-bond donors (Lipinski definition) is 5. The van der Waals surface area contributed by atoms with Gasteiger partial charge in [0.2, 0.25) is 5.88 Å². The molecule has 3 aliphatic heterocycles. The topological polar surface area (TPSA) is 215 Å². The van der Waals surface area contributed by atoms with Gasteiger partial charge in [0.1, 0.15) is 92.9 Å². The molecule has 0 fully saturated rings. The Labute approximate surface area is 814 Å². The van der Waals surface area contributed by atoms with Crippen LogP contribution in [0.4, 0.5) is 0 Å². The Morgan fingerprint density at radius 1 is 0.319 bits per heavy atom. The van der Waals surface area contributed by atoms with Crippen LogP contribution in [-0.2, 0) is 58.8 Å². The lowest BCUT2D eigenvalue weighted by atomic mass is 9.89. The van der Waals surface area contributed by atoms with E-state index < -0.39 is 30.5 Å². The summed E-state index contributed by atoms with van der Waals surface area (Å²) in [5, 5.41) is 52.9. The van der Waals surface area contributed by atoms with Gasteiger partial charge in [-0.15, -0.1) is 0 Å². The van der Waals surface area contributed by atoms with Crippen molar-refractivity contribution >= 4 is 0 Å². The number of aliphatic hydroxyl groups is 5. The van der Waals surface area contributed by atoms with Crippen LogP contribution >= 0.6 is 0 Å². The van der Waals surface area contributed by atoms with Crippen molar-refractivity contribution in [2.75, 3.05) is 65.8 Å². The number of aromatic nitrogens is 4. The standard InChI is InChI=1S/C25H27NO2.2C24H25NO2.2C23H27N3O2/c1-19-11-13-24(14-12-19)28-18-23(27)17-26-16-22-10-6-5-9-21(22)15-25(26)20-7-3-2-4-8-20;1-18-10-12-22(13-11-18)27-17-21(26)16-25-14-19-6-2-4-8-23(19)24-9-5-3-7-20(24)15-25;1-18-11-13-22(14-12-18)27-17-21(26)16-25-15-20-9-5-6-10-23(20)24(25)19-7-3-2-4-8-19;1-18-9-10-23(25-12-18)28-17-22(27)16-26(14-20-7-5-11-24-13-20)15-21-8-4-3-6-19(21)2;1-18-7-9-23(10-8-18)28-16-22(27)15-26(13-20-11-24-17-25-12-20)14-21-6-4-3-5-19(21)2/h2-14,23,25,27H,15-18H2,1H3;2-13,21,26H,14-17H2,1H3;2-14,21,24,26H,15-17H2,1H3;3-13,22,27H,14-17H2,1-2H3;3-12,17,22,27H,13-16H2,1-2H3. The molecule has 19 heteroatoms. The third-order valence-corrected chi connectivity index (χ3v) is 24.8. The van der Waals surface area contributed by atoms with Crippen molar-refractivity contribution in [3.05, 3.63) is 471 Å². The zero-order chi connectivity index (χ0) is 96.2. The van der Waals surface area contributed by atoms with Gasteiger partial charge in [-0.05, 0) is 198 Å². The van der Waals surface area contributed by atoms with Gasteiger partial charge in [-0.2, -0.15) is 0 Å². The van der Waals surface area contributed by atoms with E-state index in [0.717, 1.165) is 85.4 Å². The molecule has 7 unspecified atom stereocenters. The lowest BCUT2D eigenvalue weighted by Crippen LogP contribution is -2.41. The van der Waals surface area contributed by atoms with Gasteiger partial charge in [0, 0.05) is 134 Å². The molecule has 0 bridgehead atoms. The first-order valence-electron chi connectivity index (χ1n) is 47.8.